The van der Waals surface area contributed by atoms with Crippen LogP contribution in [-0.2, 0) is 5.41 Å². The Balaban J connectivity index is 1.19. The molecule has 1 spiro atoms. The van der Waals surface area contributed by atoms with E-state index < -0.39 is 5.41 Å². The molecule has 0 saturated carbocycles. The molecule has 11 rings (SSSR count). The monoisotopic (exact) mass is 629 g/mol. The van der Waals surface area contributed by atoms with Crippen LogP contribution in [0.2, 0.25) is 0 Å². The molecule has 0 amide bonds. The zero-order valence-corrected chi connectivity index (χ0v) is 26.7. The lowest BCUT2D eigenvalue weighted by Crippen LogP contribution is -2.25. The van der Waals surface area contributed by atoms with Crippen molar-refractivity contribution in [1.82, 2.24) is 0 Å². The Kier molecular flexibility index (Phi) is 5.22. The van der Waals surface area contributed by atoms with Crippen LogP contribution >= 0.6 is 11.3 Å². The van der Waals surface area contributed by atoms with Gasteiger partial charge in [0.1, 0.15) is 11.3 Å². The van der Waals surface area contributed by atoms with Gasteiger partial charge in [-0.15, -0.1) is 11.3 Å². The summed E-state index contributed by atoms with van der Waals surface area (Å²) in [5, 5.41) is 3.79. The molecule has 0 radical (unpaired) electrons. The van der Waals surface area contributed by atoms with Crippen molar-refractivity contribution in [1.29, 1.82) is 0 Å². The molecule has 0 atom stereocenters. The highest BCUT2D eigenvalue weighted by molar-refractivity contribution is 7.25. The number of rotatable bonds is 3. The summed E-state index contributed by atoms with van der Waals surface area (Å²) >= 11 is 1.85. The maximum atomic E-state index is 6.87. The molecule has 2 aliphatic rings. The fraction of sp³-hybridized carbons (Fsp3) is 0.0222. The molecule has 3 heteroatoms. The minimum atomic E-state index is -0.462. The van der Waals surface area contributed by atoms with Gasteiger partial charge in [0.05, 0.1) is 5.41 Å². The third-order valence-corrected chi connectivity index (χ3v) is 11.6. The molecule has 2 nitrogen and oxygen atoms in total. The van der Waals surface area contributed by atoms with Crippen LogP contribution in [0.1, 0.15) is 22.3 Å². The van der Waals surface area contributed by atoms with E-state index in [-0.39, 0.29) is 0 Å². The fourth-order valence-electron chi connectivity index (χ4n) is 8.60. The summed E-state index contributed by atoms with van der Waals surface area (Å²) in [5.41, 5.74) is 12.7. The number of para-hydroxylation sites is 2. The molecule has 9 aromatic rings. The summed E-state index contributed by atoms with van der Waals surface area (Å²) in [7, 11) is 0. The van der Waals surface area contributed by atoms with E-state index in [1.54, 1.807) is 0 Å². The van der Waals surface area contributed by atoms with E-state index in [1.807, 2.05) is 11.3 Å². The van der Waals surface area contributed by atoms with Crippen LogP contribution in [0.5, 0.6) is 0 Å². The zero-order valence-electron chi connectivity index (χ0n) is 25.9. The first-order valence-corrected chi connectivity index (χ1v) is 17.2. The SMILES string of the molecule is c1ccc(N(c2ccc3c(c2)-c2oc4ccccc4c2C32c3ccccc3-c3ccccc32)c2ccc3c(c2)sc2ccccc23)cc1. The van der Waals surface area contributed by atoms with Gasteiger partial charge in [-0.05, 0) is 76.3 Å². The molecule has 224 valence electrons. The van der Waals surface area contributed by atoms with Gasteiger partial charge in [-0.1, -0.05) is 115 Å². The van der Waals surface area contributed by atoms with Gasteiger partial charge in [-0.2, -0.15) is 0 Å². The maximum Gasteiger partial charge on any atom is 0.140 e. The van der Waals surface area contributed by atoms with Crippen molar-refractivity contribution in [3.05, 3.63) is 186 Å². The predicted octanol–water partition coefficient (Wildman–Crippen LogP) is 12.6. The van der Waals surface area contributed by atoms with Crippen LogP contribution in [0.3, 0.4) is 0 Å². The van der Waals surface area contributed by atoms with Crippen LogP contribution in [0.25, 0.3) is 53.6 Å². The van der Waals surface area contributed by atoms with Gasteiger partial charge >= 0.3 is 0 Å². The zero-order chi connectivity index (χ0) is 31.4. The molecule has 0 unspecified atom stereocenters. The average Bonchev–Trinajstić information content (AvgIpc) is 3.87. The van der Waals surface area contributed by atoms with E-state index in [1.165, 1.54) is 58.9 Å². The Morgan fingerprint density at radius 1 is 0.438 bits per heavy atom. The molecule has 2 heterocycles. The van der Waals surface area contributed by atoms with E-state index >= 15 is 0 Å². The van der Waals surface area contributed by atoms with Gasteiger partial charge in [-0.25, -0.2) is 0 Å². The first kappa shape index (κ1) is 26.2. The van der Waals surface area contributed by atoms with Crippen LogP contribution in [0.4, 0.5) is 17.1 Å². The topological polar surface area (TPSA) is 16.4 Å². The van der Waals surface area contributed by atoms with Crippen LogP contribution in [0.15, 0.2) is 168 Å². The molecule has 0 saturated heterocycles. The number of hydrogen-bond donors (Lipinski definition) is 0. The van der Waals surface area contributed by atoms with Gasteiger partial charge < -0.3 is 9.32 Å². The summed E-state index contributed by atoms with van der Waals surface area (Å²) in [4.78, 5) is 2.38. The standard InChI is InChI=1S/C45H27NOS/c1-2-12-28(13-3-1)46(30-22-24-34-33-16-7-11-21-41(33)48-42(34)27-30)29-23-25-39-36(26-29)44-43(35-17-6-10-20-40(35)47-44)45(39)37-18-8-4-14-31(37)32-15-5-9-19-38(32)45/h1-27H. The molecule has 0 bridgehead atoms. The highest BCUT2D eigenvalue weighted by atomic mass is 32.1. The van der Waals surface area contributed by atoms with Gasteiger partial charge in [0.15, 0.2) is 0 Å². The smallest absolute Gasteiger partial charge is 0.140 e. The Morgan fingerprint density at radius 2 is 1.04 bits per heavy atom. The summed E-state index contributed by atoms with van der Waals surface area (Å²) in [6, 6.07) is 59.7. The lowest BCUT2D eigenvalue weighted by molar-refractivity contribution is 0.628. The normalized spacial score (nSPS) is 13.6. The first-order chi connectivity index (χ1) is 23.8. The fourth-order valence-corrected chi connectivity index (χ4v) is 9.74. The number of furan rings is 1. The van der Waals surface area contributed by atoms with Crippen molar-refractivity contribution in [2.45, 2.75) is 5.41 Å². The third-order valence-electron chi connectivity index (χ3n) is 10.5. The second-order valence-corrected chi connectivity index (χ2v) is 13.9. The van der Waals surface area contributed by atoms with Crippen molar-refractivity contribution < 1.29 is 4.42 Å². The van der Waals surface area contributed by atoms with Crippen molar-refractivity contribution in [3.63, 3.8) is 0 Å². The molecule has 0 fully saturated rings. The highest BCUT2D eigenvalue weighted by Crippen LogP contribution is 2.65. The Bertz CT molecular complexity index is 2710. The molecule has 2 aliphatic carbocycles. The molecular formula is C45H27NOS. The average molecular weight is 630 g/mol. The second-order valence-electron chi connectivity index (χ2n) is 12.8. The molecule has 2 aromatic heterocycles. The Labute approximate surface area is 281 Å². The molecule has 7 aromatic carbocycles. The van der Waals surface area contributed by atoms with Gasteiger partial charge in [0.2, 0.25) is 0 Å². The largest absolute Gasteiger partial charge is 0.456 e. The number of benzene rings is 7. The van der Waals surface area contributed by atoms with E-state index in [2.05, 4.69) is 169 Å². The number of fused-ring (bicyclic) bond motifs is 15. The summed E-state index contributed by atoms with van der Waals surface area (Å²) in [6.07, 6.45) is 0. The van der Waals surface area contributed by atoms with Gasteiger partial charge in [0.25, 0.3) is 0 Å². The minimum absolute atomic E-state index is 0.462. The number of thiophene rings is 1. The van der Waals surface area contributed by atoms with Crippen molar-refractivity contribution in [3.8, 4) is 22.5 Å². The van der Waals surface area contributed by atoms with Crippen LogP contribution in [-0.4, -0.2) is 0 Å². The molecular weight excluding hydrogens is 603 g/mol. The Hall–Kier alpha value is -5.90. The van der Waals surface area contributed by atoms with Crippen molar-refractivity contribution >= 4 is 59.5 Å². The van der Waals surface area contributed by atoms with Gasteiger partial charge in [0, 0.05) is 53.7 Å². The van der Waals surface area contributed by atoms with Crippen molar-refractivity contribution in [2.75, 3.05) is 4.90 Å². The minimum Gasteiger partial charge on any atom is -0.456 e. The van der Waals surface area contributed by atoms with E-state index in [0.717, 1.165) is 34.0 Å². The second kappa shape index (κ2) is 9.57. The van der Waals surface area contributed by atoms with Crippen LogP contribution < -0.4 is 4.90 Å². The first-order valence-electron chi connectivity index (χ1n) is 16.4. The van der Waals surface area contributed by atoms with E-state index in [4.69, 9.17) is 4.42 Å². The lowest BCUT2D eigenvalue weighted by Gasteiger charge is -2.31. The van der Waals surface area contributed by atoms with E-state index in [0.29, 0.717) is 0 Å². The predicted molar refractivity (Wildman–Crippen MR) is 200 cm³/mol. The number of hydrogen-bond acceptors (Lipinski definition) is 3. The van der Waals surface area contributed by atoms with Crippen LogP contribution in [0, 0.1) is 0 Å². The third kappa shape index (κ3) is 3.31. The van der Waals surface area contributed by atoms with E-state index in [9.17, 15) is 0 Å². The summed E-state index contributed by atoms with van der Waals surface area (Å²) in [5.74, 6) is 0.965. The molecule has 0 aliphatic heterocycles. The number of anilines is 3. The summed E-state index contributed by atoms with van der Waals surface area (Å²) in [6.45, 7) is 0. The molecule has 0 N–H and O–H groups in total. The maximum absolute atomic E-state index is 6.87. The molecule has 48 heavy (non-hydrogen) atoms. The Morgan fingerprint density at radius 3 is 1.85 bits per heavy atom. The van der Waals surface area contributed by atoms with Gasteiger partial charge in [-0.3, -0.25) is 0 Å². The number of nitrogens with zero attached hydrogens (tertiary/aromatic N) is 1. The summed E-state index contributed by atoms with van der Waals surface area (Å²) < 4.78 is 9.47. The highest BCUT2D eigenvalue weighted by Gasteiger charge is 2.54. The van der Waals surface area contributed by atoms with Crippen molar-refractivity contribution in [2.24, 2.45) is 0 Å². The lowest BCUT2D eigenvalue weighted by atomic mass is 9.70. The quantitative estimate of drug-likeness (QED) is 0.193.